The lowest BCUT2D eigenvalue weighted by Gasteiger charge is -2.42. The first-order valence-corrected chi connectivity index (χ1v) is 11.1. The molecule has 2 heterocycles. The Morgan fingerprint density at radius 2 is 1.84 bits per heavy atom. The maximum absolute atomic E-state index is 13.3. The Hall–Kier alpha value is -3.43. The number of nitrogens with zero attached hydrogens (tertiary/aromatic N) is 3. The van der Waals surface area contributed by atoms with Crippen LogP contribution in [0.15, 0.2) is 77.3 Å². The number of allylic oxidation sites excluding steroid dienone is 1. The monoisotopic (exact) mass is 427 g/mol. The molecule has 1 saturated heterocycles. The zero-order valence-corrected chi connectivity index (χ0v) is 17.9. The molecule has 1 fully saturated rings. The second-order valence-corrected chi connectivity index (χ2v) is 8.54. The topological polar surface area (TPSA) is 56.6 Å². The third-order valence-electron chi connectivity index (χ3n) is 5.91. The number of carbonyl (C=O) groups excluding carboxylic acids is 1. The van der Waals surface area contributed by atoms with Crippen LogP contribution in [0, 0.1) is 11.3 Å². The molecule has 2 aliphatic heterocycles. The van der Waals surface area contributed by atoms with Crippen LogP contribution < -0.4 is 9.64 Å². The number of thioether (sulfide) groups is 1. The second-order valence-electron chi connectivity index (χ2n) is 7.60. The van der Waals surface area contributed by atoms with Crippen LogP contribution in [0.4, 0.5) is 5.69 Å². The summed E-state index contributed by atoms with van der Waals surface area (Å²) in [5.41, 5.74) is 2.63. The number of amides is 1. The molecule has 0 saturated carbocycles. The zero-order valence-electron chi connectivity index (χ0n) is 17.1. The molecule has 0 bridgehead atoms. The molecular formula is C25H21N3O2S. The van der Waals surface area contributed by atoms with Gasteiger partial charge in [-0.1, -0.05) is 60.3 Å². The van der Waals surface area contributed by atoms with Crippen LogP contribution in [0.2, 0.25) is 0 Å². The van der Waals surface area contributed by atoms with Gasteiger partial charge in [-0.25, -0.2) is 0 Å². The van der Waals surface area contributed by atoms with Gasteiger partial charge in [0.25, 0.3) is 0 Å². The van der Waals surface area contributed by atoms with E-state index in [0.29, 0.717) is 23.9 Å². The lowest BCUT2D eigenvalue weighted by atomic mass is 9.83. The molecule has 6 heteroatoms. The Kier molecular flexibility index (Phi) is 5.05. The summed E-state index contributed by atoms with van der Waals surface area (Å²) in [6, 6.07) is 24.5. The molecule has 0 aromatic heterocycles. The number of anilines is 1. The Morgan fingerprint density at radius 1 is 1.06 bits per heavy atom. The minimum Gasteiger partial charge on any atom is -0.496 e. The van der Waals surface area contributed by atoms with E-state index in [1.54, 1.807) is 23.8 Å². The lowest BCUT2D eigenvalue weighted by molar-refractivity contribution is -0.129. The van der Waals surface area contributed by atoms with Gasteiger partial charge in [-0.3, -0.25) is 9.69 Å². The third-order valence-corrected chi connectivity index (χ3v) is 7.07. The Balaban J connectivity index is 1.60. The summed E-state index contributed by atoms with van der Waals surface area (Å²) in [5, 5.41) is 13.0. The summed E-state index contributed by atoms with van der Waals surface area (Å²) >= 11 is 1.55. The molecule has 2 aliphatic rings. The first kappa shape index (κ1) is 19.5. The van der Waals surface area contributed by atoms with Gasteiger partial charge in [-0.05, 0) is 29.0 Å². The predicted molar refractivity (Wildman–Crippen MR) is 124 cm³/mol. The van der Waals surface area contributed by atoms with Crippen LogP contribution in [0.3, 0.4) is 0 Å². The molecule has 1 amide bonds. The van der Waals surface area contributed by atoms with Crippen LogP contribution in [0.5, 0.6) is 5.75 Å². The normalized spacial score (nSPS) is 18.7. The van der Waals surface area contributed by atoms with Gasteiger partial charge in [0.05, 0.1) is 36.3 Å². The molecule has 0 aliphatic carbocycles. The van der Waals surface area contributed by atoms with Crippen molar-refractivity contribution in [1.82, 2.24) is 4.90 Å². The van der Waals surface area contributed by atoms with Gasteiger partial charge >= 0.3 is 0 Å². The summed E-state index contributed by atoms with van der Waals surface area (Å²) in [4.78, 5) is 17.2. The van der Waals surface area contributed by atoms with Crippen molar-refractivity contribution >= 4 is 34.1 Å². The second kappa shape index (κ2) is 8.01. The van der Waals surface area contributed by atoms with Crippen molar-refractivity contribution in [2.45, 2.75) is 12.3 Å². The van der Waals surface area contributed by atoms with Crippen LogP contribution in [-0.4, -0.2) is 30.5 Å². The van der Waals surface area contributed by atoms with Crippen molar-refractivity contribution in [1.29, 1.82) is 5.26 Å². The van der Waals surface area contributed by atoms with E-state index in [1.165, 1.54) is 0 Å². The maximum atomic E-state index is 13.3. The van der Waals surface area contributed by atoms with Gasteiger partial charge in [0, 0.05) is 23.6 Å². The number of benzene rings is 3. The first-order chi connectivity index (χ1) is 15.2. The van der Waals surface area contributed by atoms with Crippen molar-refractivity contribution < 1.29 is 9.53 Å². The van der Waals surface area contributed by atoms with Crippen LogP contribution in [0.25, 0.3) is 10.8 Å². The average molecular weight is 428 g/mol. The van der Waals surface area contributed by atoms with Gasteiger partial charge in [0.15, 0.2) is 0 Å². The number of hydrogen-bond acceptors (Lipinski definition) is 5. The van der Waals surface area contributed by atoms with Crippen LogP contribution in [0.1, 0.15) is 17.9 Å². The van der Waals surface area contributed by atoms with E-state index >= 15 is 0 Å². The van der Waals surface area contributed by atoms with E-state index in [-0.39, 0.29) is 18.2 Å². The number of nitriles is 1. The molecule has 0 radical (unpaired) electrons. The van der Waals surface area contributed by atoms with E-state index in [2.05, 4.69) is 11.0 Å². The van der Waals surface area contributed by atoms with E-state index in [9.17, 15) is 10.1 Å². The van der Waals surface area contributed by atoms with E-state index in [0.717, 1.165) is 27.1 Å². The smallest absolute Gasteiger partial charge is 0.229 e. The Bertz CT molecular complexity index is 1230. The van der Waals surface area contributed by atoms with Gasteiger partial charge in [-0.15, -0.1) is 0 Å². The SMILES string of the molecule is COc1ccc2ccccc2c1[C@@H]1CC(=O)N2CN(c3ccccc3)CSC2=C1C#N. The summed E-state index contributed by atoms with van der Waals surface area (Å²) in [7, 11) is 1.64. The van der Waals surface area contributed by atoms with Crippen molar-refractivity contribution in [3.8, 4) is 11.8 Å². The predicted octanol–water partition coefficient (Wildman–Crippen LogP) is 5.07. The van der Waals surface area contributed by atoms with Crippen LogP contribution >= 0.6 is 11.8 Å². The summed E-state index contributed by atoms with van der Waals surface area (Å²) in [5.74, 6) is 1.11. The highest BCUT2D eigenvalue weighted by molar-refractivity contribution is 8.03. The number of hydrogen-bond donors (Lipinski definition) is 0. The molecule has 3 aromatic rings. The number of rotatable bonds is 3. The fourth-order valence-corrected chi connectivity index (χ4v) is 5.59. The highest BCUT2D eigenvalue weighted by Crippen LogP contribution is 2.47. The summed E-state index contributed by atoms with van der Waals surface area (Å²) in [6.07, 6.45) is 0.250. The zero-order chi connectivity index (χ0) is 21.4. The number of methoxy groups -OCH3 is 1. The van der Waals surface area contributed by atoms with Crippen molar-refractivity contribution in [3.05, 3.63) is 82.9 Å². The maximum Gasteiger partial charge on any atom is 0.229 e. The van der Waals surface area contributed by atoms with Gasteiger partial charge < -0.3 is 9.64 Å². The minimum absolute atomic E-state index is 0.0297. The number of para-hydroxylation sites is 1. The molecule has 5 rings (SSSR count). The molecule has 0 unspecified atom stereocenters. The largest absolute Gasteiger partial charge is 0.496 e. The molecule has 5 nitrogen and oxygen atoms in total. The highest BCUT2D eigenvalue weighted by Gasteiger charge is 2.39. The van der Waals surface area contributed by atoms with Gasteiger partial charge in [0.1, 0.15) is 5.75 Å². The molecule has 3 aromatic carbocycles. The molecule has 0 N–H and O–H groups in total. The molecule has 154 valence electrons. The minimum atomic E-state index is -0.319. The highest BCUT2D eigenvalue weighted by atomic mass is 32.2. The van der Waals surface area contributed by atoms with Gasteiger partial charge in [0.2, 0.25) is 5.91 Å². The number of ether oxygens (including phenoxy) is 1. The van der Waals surface area contributed by atoms with Crippen molar-refractivity contribution in [2.75, 3.05) is 24.6 Å². The Morgan fingerprint density at radius 3 is 2.61 bits per heavy atom. The summed E-state index contributed by atoms with van der Waals surface area (Å²) < 4.78 is 5.67. The van der Waals surface area contributed by atoms with Gasteiger partial charge in [-0.2, -0.15) is 5.26 Å². The van der Waals surface area contributed by atoms with Crippen LogP contribution in [-0.2, 0) is 4.79 Å². The first-order valence-electron chi connectivity index (χ1n) is 10.1. The fraction of sp³-hybridized carbons (Fsp3) is 0.200. The quantitative estimate of drug-likeness (QED) is 0.584. The number of fused-ring (bicyclic) bond motifs is 2. The van der Waals surface area contributed by atoms with Crippen molar-refractivity contribution in [3.63, 3.8) is 0 Å². The average Bonchev–Trinajstić information content (AvgIpc) is 2.83. The molecular weight excluding hydrogens is 406 g/mol. The Labute approximate surface area is 185 Å². The summed E-state index contributed by atoms with van der Waals surface area (Å²) in [6.45, 7) is 0.454. The van der Waals surface area contributed by atoms with E-state index in [1.807, 2.05) is 66.7 Å². The fourth-order valence-electron chi connectivity index (χ4n) is 4.42. The molecule has 31 heavy (non-hydrogen) atoms. The molecule has 1 atom stereocenters. The lowest BCUT2D eigenvalue weighted by Crippen LogP contribution is -2.47. The molecule has 0 spiro atoms. The van der Waals surface area contributed by atoms with E-state index in [4.69, 9.17) is 4.74 Å². The van der Waals surface area contributed by atoms with Crippen molar-refractivity contribution in [2.24, 2.45) is 0 Å². The standard InChI is InChI=1S/C25H21N3O2S/c1-30-22-12-11-17-7-5-6-10-19(17)24(22)20-13-23(29)28-15-27(18-8-3-2-4-9-18)16-31-25(28)21(20)14-26/h2-12,20H,13,15-16H2,1H3/t20-/m1/s1. The third kappa shape index (κ3) is 3.31. The number of carbonyl (C=O) groups is 1. The van der Waals surface area contributed by atoms with E-state index < -0.39 is 0 Å².